The fourth-order valence-corrected chi connectivity index (χ4v) is 50.9. The number of hydrogen-bond donors (Lipinski definition) is 0. The molecule has 79 heavy (non-hydrogen) atoms. The van der Waals surface area contributed by atoms with E-state index < -0.39 is 0 Å². The van der Waals surface area contributed by atoms with Crippen molar-refractivity contribution in [1.29, 1.82) is 0 Å². The fourth-order valence-electron chi connectivity index (χ4n) is 50.9. The van der Waals surface area contributed by atoms with Gasteiger partial charge in [0.05, 0.1) is 0 Å². The fraction of sp³-hybridized carbons (Fsp3) is 1.00. The maximum absolute atomic E-state index is 1.82. The molecule has 0 heteroatoms. The molecule has 72 unspecified atom stereocenters. The summed E-state index contributed by atoms with van der Waals surface area (Å²) in [5.74, 6) is 94.2. The van der Waals surface area contributed by atoms with E-state index in [0.717, 1.165) is 0 Å². The standard InChI is InChI=1S/C79H86/c1-2-10-9(1)24-25(10)37-36(24)40-27-14-4-8-3-13-19(8)31-26(13)41-43(31)48-46(41)50-52(48)56-54(50)58-60(56)64-62(58)66-68(64)72-70(66)74-76(72)79-77-73-69-65-61-57-53-49-45-33-21-12(6-17(21)29(33)42(45)47(49)51(53)55(57)59(61)63(65)67(69)71(73)75(77)78(74)79)11-5-16-20(11)32-28(16)39-34-23-15(22(14)35(27)44(37)40)7-18(23)30(34)38(32)39/h8-79H,1-7H2. The molecule has 402 valence electrons. The monoisotopic (exact) mass is 1030 g/mol. The normalized spacial score (nSPS) is 101. The minimum absolute atomic E-state index is 1.24. The molecule has 0 aromatic rings. The lowest BCUT2D eigenvalue weighted by atomic mass is 9.03. The molecule has 37 saturated carbocycles. The van der Waals surface area contributed by atoms with E-state index in [0.29, 0.717) is 0 Å². The van der Waals surface area contributed by atoms with Gasteiger partial charge in [-0.25, -0.2) is 0 Å². The molecule has 0 saturated heterocycles. The van der Waals surface area contributed by atoms with Crippen LogP contribution in [0.3, 0.4) is 0 Å². The largest absolute Gasteiger partial charge is 0.0496 e. The summed E-state index contributed by atoms with van der Waals surface area (Å²) in [6.07, 6.45) is 12.3. The second-order valence-corrected chi connectivity index (χ2v) is 44.4. The van der Waals surface area contributed by atoms with Gasteiger partial charge in [-0.3, -0.25) is 0 Å². The van der Waals surface area contributed by atoms with E-state index in [1.165, 1.54) is 426 Å². The van der Waals surface area contributed by atoms with Crippen molar-refractivity contribution in [3.8, 4) is 0 Å². The van der Waals surface area contributed by atoms with Crippen LogP contribution in [-0.4, -0.2) is 0 Å². The van der Waals surface area contributed by atoms with E-state index in [9.17, 15) is 0 Å². The Kier molecular flexibility index (Phi) is 4.28. The van der Waals surface area contributed by atoms with E-state index in [2.05, 4.69) is 0 Å². The van der Waals surface area contributed by atoms with Gasteiger partial charge in [0, 0.05) is 0 Å². The smallest absolute Gasteiger partial charge is 0.0312 e. The lowest BCUT2D eigenvalue weighted by molar-refractivity contribution is -0.551. The molecule has 37 aliphatic carbocycles. The predicted molar refractivity (Wildman–Crippen MR) is 284 cm³/mol. The zero-order valence-electron chi connectivity index (χ0n) is 46.5. The van der Waals surface area contributed by atoms with Crippen LogP contribution in [0.4, 0.5) is 0 Å². The summed E-state index contributed by atoms with van der Waals surface area (Å²) in [5, 5.41) is 0. The minimum Gasteiger partial charge on any atom is -0.0496 e. The average molecular weight is 1040 g/mol. The molecule has 0 N–H and O–H groups in total. The molecule has 0 radical (unpaired) electrons. The van der Waals surface area contributed by atoms with Crippen LogP contribution in [0.1, 0.15) is 44.9 Å². The first kappa shape index (κ1) is 36.3. The molecule has 0 spiro atoms. The Morgan fingerprint density at radius 1 is 0.0886 bits per heavy atom. The Morgan fingerprint density at radius 2 is 0.228 bits per heavy atom. The first-order valence-electron chi connectivity index (χ1n) is 39.4. The molecule has 37 fully saturated rings. The van der Waals surface area contributed by atoms with Crippen molar-refractivity contribution < 1.29 is 0 Å². The van der Waals surface area contributed by atoms with Crippen molar-refractivity contribution in [3.63, 3.8) is 0 Å². The van der Waals surface area contributed by atoms with Gasteiger partial charge in [0.15, 0.2) is 0 Å². The Balaban J connectivity index is 0.431. The van der Waals surface area contributed by atoms with E-state index in [1.807, 2.05) is 6.42 Å². The lowest BCUT2D eigenvalue weighted by Crippen LogP contribution is -2.98. The van der Waals surface area contributed by atoms with Crippen LogP contribution in [0.2, 0.25) is 0 Å². The topological polar surface area (TPSA) is 0 Å². The summed E-state index contributed by atoms with van der Waals surface area (Å²) in [7, 11) is 0. The van der Waals surface area contributed by atoms with Crippen molar-refractivity contribution in [3.05, 3.63) is 0 Å². The van der Waals surface area contributed by atoms with E-state index >= 15 is 0 Å². The Hall–Kier alpha value is 0. The molecule has 0 aromatic carbocycles. The molecule has 0 aliphatic heterocycles. The van der Waals surface area contributed by atoms with Crippen LogP contribution in [0.5, 0.6) is 0 Å². The van der Waals surface area contributed by atoms with Crippen molar-refractivity contribution in [2.75, 3.05) is 0 Å². The molecule has 0 heterocycles. The van der Waals surface area contributed by atoms with E-state index in [-0.39, 0.29) is 0 Å². The summed E-state index contributed by atoms with van der Waals surface area (Å²) in [6, 6.07) is 0. The molecular formula is C79H86. The summed E-state index contributed by atoms with van der Waals surface area (Å²) >= 11 is 0. The van der Waals surface area contributed by atoms with Gasteiger partial charge in [-0.2, -0.15) is 0 Å². The quantitative estimate of drug-likeness (QED) is 0.212. The molecule has 2 bridgehead atoms. The van der Waals surface area contributed by atoms with Gasteiger partial charge < -0.3 is 0 Å². The van der Waals surface area contributed by atoms with Gasteiger partial charge in [0.1, 0.15) is 0 Å². The van der Waals surface area contributed by atoms with Crippen LogP contribution in [-0.2, 0) is 0 Å². The molecule has 0 amide bonds. The highest BCUT2D eigenvalue weighted by molar-refractivity contribution is 5.48. The van der Waals surface area contributed by atoms with Crippen molar-refractivity contribution in [2.45, 2.75) is 44.9 Å². The van der Waals surface area contributed by atoms with E-state index in [1.54, 1.807) is 38.5 Å². The maximum Gasteiger partial charge on any atom is -0.0312 e. The first-order valence-corrected chi connectivity index (χ1v) is 39.4. The number of hydrogen-bond acceptors (Lipinski definition) is 0. The van der Waals surface area contributed by atoms with Gasteiger partial charge in [-0.15, -0.1) is 0 Å². The number of rotatable bonds is 0. The lowest BCUT2D eigenvalue weighted by Gasteiger charge is -3.02. The Morgan fingerprint density at radius 3 is 0.468 bits per heavy atom. The van der Waals surface area contributed by atoms with Crippen LogP contribution in [0.25, 0.3) is 0 Å². The van der Waals surface area contributed by atoms with Crippen LogP contribution >= 0.6 is 0 Å². The maximum atomic E-state index is 1.82. The molecule has 0 aromatic heterocycles. The zero-order valence-corrected chi connectivity index (χ0v) is 46.5. The van der Waals surface area contributed by atoms with Crippen LogP contribution < -0.4 is 0 Å². The highest BCUT2D eigenvalue weighted by Crippen LogP contribution is 3.04. The SMILES string of the molecule is C1C2C3C1C1C3C3C4C5CC(C6CC7C6C6C7C7C6C6C7C7C6C6C7C7C6C6C7C7C6C6C7C7C6C6C8C9C%10C%11C%12C%13C%14C%15C%16C%17C%18C(CC%19C2C2C%19C%19C%20C%21C%22CCC%22C%21C%20C2%19)CC%18C%17C%16C%15C%14C%13C%12C%11C%10C9C8C76)C5C4C13. The summed E-state index contributed by atoms with van der Waals surface area (Å²) < 4.78 is 0. The van der Waals surface area contributed by atoms with Crippen molar-refractivity contribution in [2.24, 2.45) is 426 Å². The van der Waals surface area contributed by atoms with Gasteiger partial charge in [0.2, 0.25) is 0 Å². The molecular weight excluding hydrogens is 949 g/mol. The Bertz CT molecular complexity index is 3480. The molecule has 72 atom stereocenters. The predicted octanol–water partition coefficient (Wildman–Crippen LogP) is 11.6. The van der Waals surface area contributed by atoms with Gasteiger partial charge >= 0.3 is 0 Å². The Labute approximate surface area is 468 Å². The third kappa shape index (κ3) is 2.40. The van der Waals surface area contributed by atoms with Gasteiger partial charge in [-0.1, -0.05) is 0 Å². The number of fused-ring (bicyclic) bond motifs is 46. The average Bonchev–Trinajstić information content (AvgIpc) is 0.628. The highest BCUT2D eigenvalue weighted by atomic mass is 15.1. The summed E-state index contributed by atoms with van der Waals surface area (Å²) in [6.45, 7) is 0. The van der Waals surface area contributed by atoms with E-state index in [4.69, 9.17) is 0 Å². The zero-order chi connectivity index (χ0) is 46.5. The second kappa shape index (κ2) is 9.30. The second-order valence-electron chi connectivity index (χ2n) is 44.4. The highest BCUT2D eigenvalue weighted by Gasteiger charge is 3.01. The summed E-state index contributed by atoms with van der Waals surface area (Å²) in [4.78, 5) is 0. The molecule has 37 aliphatic rings. The van der Waals surface area contributed by atoms with Gasteiger partial charge in [0.25, 0.3) is 0 Å². The van der Waals surface area contributed by atoms with Crippen molar-refractivity contribution >= 4 is 0 Å². The van der Waals surface area contributed by atoms with Crippen LogP contribution in [0.15, 0.2) is 0 Å². The third-order valence-corrected chi connectivity index (χ3v) is 50.1. The third-order valence-electron chi connectivity index (χ3n) is 50.1. The van der Waals surface area contributed by atoms with Gasteiger partial charge in [-0.05, 0) is 471 Å². The van der Waals surface area contributed by atoms with Crippen molar-refractivity contribution in [1.82, 2.24) is 0 Å². The minimum atomic E-state index is 1.24. The summed E-state index contributed by atoms with van der Waals surface area (Å²) in [5.41, 5.74) is 0. The first-order chi connectivity index (χ1) is 39.4. The van der Waals surface area contributed by atoms with Crippen LogP contribution in [0, 0.1) is 426 Å². The molecule has 0 nitrogen and oxygen atoms in total. The molecule has 37 rings (SSSR count).